The lowest BCUT2D eigenvalue weighted by molar-refractivity contribution is -0.137. The van der Waals surface area contributed by atoms with Crippen LogP contribution in [-0.4, -0.2) is 16.2 Å². The number of phenols is 1. The van der Waals surface area contributed by atoms with Crippen LogP contribution in [0.4, 0.5) is 0 Å². The van der Waals surface area contributed by atoms with Crippen LogP contribution in [0.25, 0.3) is 0 Å². The van der Waals surface area contributed by atoms with Crippen molar-refractivity contribution in [1.82, 2.24) is 0 Å². The lowest BCUT2D eigenvalue weighted by atomic mass is 9.86. The van der Waals surface area contributed by atoms with Crippen molar-refractivity contribution in [2.24, 2.45) is 5.92 Å². The van der Waals surface area contributed by atoms with E-state index in [9.17, 15) is 9.90 Å². The normalized spacial score (nSPS) is 20.0. The molecule has 0 bridgehead atoms. The lowest BCUT2D eigenvalue weighted by Gasteiger charge is -2.20. The van der Waals surface area contributed by atoms with Crippen LogP contribution in [0.3, 0.4) is 0 Å². The molecule has 0 heterocycles. The number of unbranched alkanes of at least 4 members (excludes halogenated alkanes) is 2. The number of terminal acetylenes is 1. The quantitative estimate of drug-likeness (QED) is 0.376. The molecule has 0 saturated heterocycles. The van der Waals surface area contributed by atoms with Crippen LogP contribution >= 0.6 is 0 Å². The summed E-state index contributed by atoms with van der Waals surface area (Å²) in [6.07, 6.45) is 17.4. The standard InChI is InChI=1S/C22H28O3/c1-2-3-4-5-6-10-17-11-7-14-19(17)20-15-8-12-18(22(20)25)13-9-16-21(23)24/h1,6,8,10,12,15,17,19,25H,3-5,7,9,11,13-14,16H2,(H,23,24)/b10-6+/t17?,19-/m0/s1. The van der Waals surface area contributed by atoms with Crippen molar-refractivity contribution in [1.29, 1.82) is 0 Å². The number of hydrogen-bond donors (Lipinski definition) is 2. The first-order valence-corrected chi connectivity index (χ1v) is 9.26. The van der Waals surface area contributed by atoms with E-state index in [1.807, 2.05) is 18.2 Å². The molecule has 0 radical (unpaired) electrons. The second-order valence-corrected chi connectivity index (χ2v) is 6.83. The number of aliphatic carboxylic acids is 1. The molecule has 134 valence electrons. The lowest BCUT2D eigenvalue weighted by Crippen LogP contribution is -2.05. The molecule has 0 amide bonds. The summed E-state index contributed by atoms with van der Waals surface area (Å²) >= 11 is 0. The van der Waals surface area contributed by atoms with Gasteiger partial charge in [0.05, 0.1) is 0 Å². The maximum atomic E-state index is 10.7. The van der Waals surface area contributed by atoms with Gasteiger partial charge in [-0.05, 0) is 61.5 Å². The van der Waals surface area contributed by atoms with Crippen LogP contribution in [0.2, 0.25) is 0 Å². The minimum Gasteiger partial charge on any atom is -0.507 e. The molecule has 2 N–H and O–H groups in total. The summed E-state index contributed by atoms with van der Waals surface area (Å²) in [5, 5.41) is 19.5. The van der Waals surface area contributed by atoms with E-state index in [4.69, 9.17) is 11.5 Å². The Morgan fingerprint density at radius 1 is 1.32 bits per heavy atom. The van der Waals surface area contributed by atoms with Gasteiger partial charge in [-0.15, -0.1) is 12.3 Å². The van der Waals surface area contributed by atoms with Gasteiger partial charge in [0.15, 0.2) is 0 Å². The third kappa shape index (κ3) is 5.67. The van der Waals surface area contributed by atoms with Crippen molar-refractivity contribution in [3.05, 3.63) is 41.5 Å². The number of carbonyl (C=O) groups is 1. The number of carboxylic acids is 1. The highest BCUT2D eigenvalue weighted by Gasteiger charge is 2.29. The third-order valence-corrected chi connectivity index (χ3v) is 5.03. The zero-order valence-electron chi connectivity index (χ0n) is 14.8. The molecule has 3 heteroatoms. The number of aromatic hydroxyl groups is 1. The van der Waals surface area contributed by atoms with Crippen molar-refractivity contribution in [2.75, 3.05) is 0 Å². The molecule has 0 aliphatic heterocycles. The van der Waals surface area contributed by atoms with E-state index < -0.39 is 5.97 Å². The Morgan fingerprint density at radius 3 is 2.92 bits per heavy atom. The highest BCUT2D eigenvalue weighted by atomic mass is 16.4. The molecule has 1 saturated carbocycles. The smallest absolute Gasteiger partial charge is 0.303 e. The van der Waals surface area contributed by atoms with Crippen LogP contribution in [0.15, 0.2) is 30.4 Å². The van der Waals surface area contributed by atoms with E-state index in [-0.39, 0.29) is 6.42 Å². The molecule has 0 aromatic heterocycles. The Hall–Kier alpha value is -2.21. The van der Waals surface area contributed by atoms with Gasteiger partial charge in [0.2, 0.25) is 0 Å². The SMILES string of the molecule is C#CCCC/C=C/C1CCC[C@@H]1c1cccc(CCCC(=O)O)c1O. The summed E-state index contributed by atoms with van der Waals surface area (Å²) in [7, 11) is 0. The predicted octanol–water partition coefficient (Wildman–Crippen LogP) is 5.04. The molecule has 1 fully saturated rings. The van der Waals surface area contributed by atoms with Gasteiger partial charge in [-0.2, -0.15) is 0 Å². The number of hydrogen-bond acceptors (Lipinski definition) is 2. The topological polar surface area (TPSA) is 57.5 Å². The predicted molar refractivity (Wildman–Crippen MR) is 101 cm³/mol. The first kappa shape index (κ1) is 19.1. The molecular formula is C22H28O3. The fourth-order valence-electron chi connectivity index (χ4n) is 3.74. The van der Waals surface area contributed by atoms with Crippen molar-refractivity contribution in [3.63, 3.8) is 0 Å². The molecule has 1 aliphatic rings. The molecular weight excluding hydrogens is 312 g/mol. The second kappa shape index (κ2) is 9.93. The number of allylic oxidation sites excluding steroid dienone is 2. The van der Waals surface area contributed by atoms with Gasteiger partial charge in [0.1, 0.15) is 5.75 Å². The number of para-hydroxylation sites is 1. The molecule has 1 aromatic carbocycles. The Morgan fingerprint density at radius 2 is 2.16 bits per heavy atom. The highest BCUT2D eigenvalue weighted by molar-refractivity contribution is 5.66. The van der Waals surface area contributed by atoms with Crippen LogP contribution < -0.4 is 0 Å². The van der Waals surface area contributed by atoms with Crippen LogP contribution in [0, 0.1) is 18.3 Å². The highest BCUT2D eigenvalue weighted by Crippen LogP contribution is 2.44. The molecule has 3 nitrogen and oxygen atoms in total. The summed E-state index contributed by atoms with van der Waals surface area (Å²) in [6, 6.07) is 5.91. The number of aryl methyl sites for hydroxylation is 1. The van der Waals surface area contributed by atoms with E-state index >= 15 is 0 Å². The van der Waals surface area contributed by atoms with Gasteiger partial charge in [-0.3, -0.25) is 4.79 Å². The largest absolute Gasteiger partial charge is 0.507 e. The Labute approximate surface area is 150 Å². The molecule has 1 unspecified atom stereocenters. The van der Waals surface area contributed by atoms with Crippen molar-refractivity contribution in [3.8, 4) is 18.1 Å². The second-order valence-electron chi connectivity index (χ2n) is 6.83. The van der Waals surface area contributed by atoms with Gasteiger partial charge < -0.3 is 10.2 Å². The number of carboxylic acid groups (broad SMARTS) is 1. The summed E-state index contributed by atoms with van der Waals surface area (Å²) in [6.45, 7) is 0. The monoisotopic (exact) mass is 340 g/mol. The van der Waals surface area contributed by atoms with Crippen molar-refractivity contribution >= 4 is 5.97 Å². The fraction of sp³-hybridized carbons (Fsp3) is 0.500. The summed E-state index contributed by atoms with van der Waals surface area (Å²) in [5.74, 6) is 3.05. The Balaban J connectivity index is 2.03. The van der Waals surface area contributed by atoms with Crippen LogP contribution in [0.5, 0.6) is 5.75 Å². The molecule has 0 spiro atoms. The average Bonchev–Trinajstić information content (AvgIpc) is 3.04. The summed E-state index contributed by atoms with van der Waals surface area (Å²) in [5.41, 5.74) is 1.88. The first-order chi connectivity index (χ1) is 12.1. The molecule has 2 rings (SSSR count). The summed E-state index contributed by atoms with van der Waals surface area (Å²) in [4.78, 5) is 10.7. The summed E-state index contributed by atoms with van der Waals surface area (Å²) < 4.78 is 0. The minimum absolute atomic E-state index is 0.135. The van der Waals surface area contributed by atoms with E-state index in [1.165, 1.54) is 6.42 Å². The molecule has 1 aliphatic carbocycles. The Bertz CT molecular complexity index is 639. The van der Waals surface area contributed by atoms with Gasteiger partial charge >= 0.3 is 5.97 Å². The zero-order valence-corrected chi connectivity index (χ0v) is 14.8. The maximum Gasteiger partial charge on any atom is 0.303 e. The van der Waals surface area contributed by atoms with Gasteiger partial charge in [-0.1, -0.05) is 36.8 Å². The van der Waals surface area contributed by atoms with Crippen LogP contribution in [-0.2, 0) is 11.2 Å². The molecule has 25 heavy (non-hydrogen) atoms. The van der Waals surface area contributed by atoms with Crippen molar-refractivity contribution < 1.29 is 15.0 Å². The number of benzene rings is 1. The van der Waals surface area contributed by atoms with E-state index in [1.54, 1.807) is 0 Å². The van der Waals surface area contributed by atoms with E-state index in [2.05, 4.69) is 18.1 Å². The number of rotatable bonds is 9. The van der Waals surface area contributed by atoms with Crippen LogP contribution in [0.1, 0.15) is 68.4 Å². The molecule has 2 atom stereocenters. The fourth-order valence-corrected chi connectivity index (χ4v) is 3.74. The van der Waals surface area contributed by atoms with Gasteiger partial charge in [0, 0.05) is 12.8 Å². The first-order valence-electron chi connectivity index (χ1n) is 9.26. The third-order valence-electron chi connectivity index (χ3n) is 5.03. The van der Waals surface area contributed by atoms with E-state index in [0.717, 1.165) is 43.2 Å². The van der Waals surface area contributed by atoms with Gasteiger partial charge in [-0.25, -0.2) is 0 Å². The van der Waals surface area contributed by atoms with Gasteiger partial charge in [0.25, 0.3) is 0 Å². The Kier molecular flexibility index (Phi) is 7.60. The minimum atomic E-state index is -0.790. The number of phenolic OH excluding ortho intramolecular Hbond substituents is 1. The maximum absolute atomic E-state index is 10.7. The molecule has 1 aromatic rings. The van der Waals surface area contributed by atoms with Crippen molar-refractivity contribution in [2.45, 2.75) is 63.7 Å². The average molecular weight is 340 g/mol. The zero-order chi connectivity index (χ0) is 18.1. The van der Waals surface area contributed by atoms with E-state index in [0.29, 0.717) is 30.4 Å².